The Bertz CT molecular complexity index is 1020. The number of hydrogen-bond donors (Lipinski definition) is 0. The Kier molecular flexibility index (Phi) is 8.47. The summed E-state index contributed by atoms with van der Waals surface area (Å²) >= 11 is 6.82. The average molecular weight is 488 g/mol. The standard InChI is InChI=1S/C27H34ClNO5/c1-6-7-16-32-22-17-20(21-14-11-15-29(21)26(31)34-27(3,4)5)24(28)18(2)23(22)25(30)33-19-12-9-8-10-13-19/h8-10,12-13,17,21H,6-7,11,14-16H2,1-5H3. The summed E-state index contributed by atoms with van der Waals surface area (Å²) in [6.45, 7) is 10.4. The Hall–Kier alpha value is -2.73. The van der Waals surface area contributed by atoms with Gasteiger partial charge in [-0.1, -0.05) is 43.1 Å². The van der Waals surface area contributed by atoms with Crippen molar-refractivity contribution in [2.45, 2.75) is 71.9 Å². The number of amides is 1. The molecule has 0 aliphatic carbocycles. The number of para-hydroxylation sites is 1. The molecule has 2 aromatic rings. The molecule has 1 amide bonds. The number of hydrogen-bond acceptors (Lipinski definition) is 5. The summed E-state index contributed by atoms with van der Waals surface area (Å²) in [5, 5.41) is 0.434. The zero-order valence-electron chi connectivity index (χ0n) is 20.7. The summed E-state index contributed by atoms with van der Waals surface area (Å²) < 4.78 is 17.3. The van der Waals surface area contributed by atoms with Gasteiger partial charge in [0.1, 0.15) is 22.7 Å². The van der Waals surface area contributed by atoms with E-state index in [0.717, 1.165) is 31.2 Å². The molecule has 3 rings (SSSR count). The van der Waals surface area contributed by atoms with Crippen LogP contribution >= 0.6 is 11.6 Å². The van der Waals surface area contributed by atoms with Crippen molar-refractivity contribution in [1.29, 1.82) is 0 Å². The van der Waals surface area contributed by atoms with Gasteiger partial charge in [0.15, 0.2) is 0 Å². The fourth-order valence-corrected chi connectivity index (χ4v) is 4.28. The van der Waals surface area contributed by atoms with E-state index in [1.54, 1.807) is 42.2 Å². The van der Waals surface area contributed by atoms with Gasteiger partial charge < -0.3 is 19.1 Å². The Morgan fingerprint density at radius 1 is 1.18 bits per heavy atom. The van der Waals surface area contributed by atoms with Crippen molar-refractivity contribution < 1.29 is 23.8 Å². The predicted molar refractivity (Wildman–Crippen MR) is 133 cm³/mol. The normalized spacial score (nSPS) is 15.8. The predicted octanol–water partition coefficient (Wildman–Crippen LogP) is 7.12. The minimum atomic E-state index is -0.594. The van der Waals surface area contributed by atoms with E-state index in [1.165, 1.54) is 0 Å². The van der Waals surface area contributed by atoms with Crippen LogP contribution in [0.5, 0.6) is 11.5 Å². The molecule has 1 unspecified atom stereocenters. The lowest BCUT2D eigenvalue weighted by atomic mass is 9.97. The van der Waals surface area contributed by atoms with E-state index in [0.29, 0.717) is 40.8 Å². The van der Waals surface area contributed by atoms with Crippen LogP contribution in [0, 0.1) is 6.92 Å². The topological polar surface area (TPSA) is 65.1 Å². The molecule has 1 aliphatic heterocycles. The van der Waals surface area contributed by atoms with Crippen molar-refractivity contribution in [1.82, 2.24) is 4.90 Å². The van der Waals surface area contributed by atoms with Crippen LogP contribution in [0.25, 0.3) is 0 Å². The molecule has 1 heterocycles. The van der Waals surface area contributed by atoms with Crippen molar-refractivity contribution >= 4 is 23.7 Å². The lowest BCUT2D eigenvalue weighted by Gasteiger charge is -2.30. The van der Waals surface area contributed by atoms with Gasteiger partial charge in [0.2, 0.25) is 0 Å². The maximum Gasteiger partial charge on any atom is 0.410 e. The first kappa shape index (κ1) is 25.9. The molecule has 0 spiro atoms. The molecule has 1 aliphatic rings. The molecule has 1 saturated heterocycles. The van der Waals surface area contributed by atoms with Crippen LogP contribution in [0.3, 0.4) is 0 Å². The van der Waals surface area contributed by atoms with Gasteiger partial charge in [-0.2, -0.15) is 0 Å². The SMILES string of the molecule is CCCCOc1cc(C2CCCN2C(=O)OC(C)(C)C)c(Cl)c(C)c1C(=O)Oc1ccccc1. The molecular formula is C27H34ClNO5. The number of rotatable bonds is 7. The van der Waals surface area contributed by atoms with Crippen LogP contribution in [0.15, 0.2) is 36.4 Å². The highest BCUT2D eigenvalue weighted by Gasteiger charge is 2.36. The van der Waals surface area contributed by atoms with E-state index in [-0.39, 0.29) is 12.1 Å². The molecule has 2 aromatic carbocycles. The molecule has 0 aromatic heterocycles. The van der Waals surface area contributed by atoms with E-state index in [1.807, 2.05) is 26.8 Å². The summed E-state index contributed by atoms with van der Waals surface area (Å²) in [6, 6.07) is 10.4. The summed E-state index contributed by atoms with van der Waals surface area (Å²) in [7, 11) is 0. The van der Waals surface area contributed by atoms with Crippen molar-refractivity contribution in [2.75, 3.05) is 13.2 Å². The molecule has 0 saturated carbocycles. The first-order chi connectivity index (χ1) is 16.1. The van der Waals surface area contributed by atoms with E-state index in [2.05, 4.69) is 6.92 Å². The van der Waals surface area contributed by atoms with Gasteiger partial charge in [-0.25, -0.2) is 9.59 Å². The molecule has 0 radical (unpaired) electrons. The average Bonchev–Trinajstić information content (AvgIpc) is 3.25. The molecule has 1 fully saturated rings. The monoisotopic (exact) mass is 487 g/mol. The summed E-state index contributed by atoms with van der Waals surface area (Å²) in [5.41, 5.74) is 1.03. The van der Waals surface area contributed by atoms with E-state index >= 15 is 0 Å². The molecule has 1 atom stereocenters. The highest BCUT2D eigenvalue weighted by Crippen LogP contribution is 2.42. The zero-order chi connectivity index (χ0) is 24.9. The third kappa shape index (κ3) is 6.23. The minimum absolute atomic E-state index is 0.256. The second-order valence-electron chi connectivity index (χ2n) is 9.51. The zero-order valence-corrected chi connectivity index (χ0v) is 21.4. The van der Waals surface area contributed by atoms with Gasteiger partial charge >= 0.3 is 12.1 Å². The van der Waals surface area contributed by atoms with Gasteiger partial charge in [-0.15, -0.1) is 0 Å². The number of carbonyl (C=O) groups excluding carboxylic acids is 2. The van der Waals surface area contributed by atoms with Gasteiger partial charge in [0, 0.05) is 11.6 Å². The van der Waals surface area contributed by atoms with Gasteiger partial charge in [-0.3, -0.25) is 0 Å². The molecule has 7 heteroatoms. The molecular weight excluding hydrogens is 454 g/mol. The number of likely N-dealkylation sites (tertiary alicyclic amines) is 1. The van der Waals surface area contributed by atoms with Crippen molar-refractivity contribution in [3.63, 3.8) is 0 Å². The molecule has 34 heavy (non-hydrogen) atoms. The number of unbranched alkanes of at least 4 members (excludes halogenated alkanes) is 1. The second kappa shape index (κ2) is 11.1. The van der Waals surface area contributed by atoms with Crippen LogP contribution < -0.4 is 9.47 Å². The number of esters is 1. The third-order valence-electron chi connectivity index (χ3n) is 5.64. The van der Waals surface area contributed by atoms with Crippen LogP contribution in [-0.2, 0) is 4.74 Å². The van der Waals surface area contributed by atoms with Gasteiger partial charge in [0.05, 0.1) is 12.6 Å². The minimum Gasteiger partial charge on any atom is -0.493 e. The van der Waals surface area contributed by atoms with E-state index in [4.69, 9.17) is 25.8 Å². The summed E-state index contributed by atoms with van der Waals surface area (Å²) in [5.74, 6) is 0.333. The van der Waals surface area contributed by atoms with Gasteiger partial charge in [-0.05, 0) is 76.3 Å². The van der Waals surface area contributed by atoms with E-state index < -0.39 is 11.6 Å². The third-order valence-corrected chi connectivity index (χ3v) is 6.15. The fraction of sp³-hybridized carbons (Fsp3) is 0.481. The van der Waals surface area contributed by atoms with E-state index in [9.17, 15) is 9.59 Å². The Labute approximate surface area is 207 Å². The van der Waals surface area contributed by atoms with Crippen molar-refractivity contribution in [3.05, 3.63) is 58.1 Å². The first-order valence-corrected chi connectivity index (χ1v) is 12.2. The van der Waals surface area contributed by atoms with Crippen molar-refractivity contribution in [3.8, 4) is 11.5 Å². The Morgan fingerprint density at radius 3 is 2.53 bits per heavy atom. The van der Waals surface area contributed by atoms with Crippen LogP contribution in [0.1, 0.15) is 80.9 Å². The first-order valence-electron chi connectivity index (χ1n) is 11.8. The number of benzene rings is 2. The van der Waals surface area contributed by atoms with Gasteiger partial charge in [0.25, 0.3) is 0 Å². The Morgan fingerprint density at radius 2 is 1.88 bits per heavy atom. The maximum atomic E-state index is 13.2. The summed E-state index contributed by atoms with van der Waals surface area (Å²) in [4.78, 5) is 27.7. The highest BCUT2D eigenvalue weighted by atomic mass is 35.5. The highest BCUT2D eigenvalue weighted by molar-refractivity contribution is 6.32. The van der Waals surface area contributed by atoms with Crippen LogP contribution in [0.2, 0.25) is 5.02 Å². The molecule has 0 bridgehead atoms. The maximum absolute atomic E-state index is 13.2. The number of carbonyl (C=O) groups is 2. The quantitative estimate of drug-likeness (QED) is 0.236. The summed E-state index contributed by atoms with van der Waals surface area (Å²) in [6.07, 6.45) is 3.02. The number of ether oxygens (including phenoxy) is 3. The lowest BCUT2D eigenvalue weighted by Crippen LogP contribution is -2.36. The molecule has 6 nitrogen and oxygen atoms in total. The molecule has 0 N–H and O–H groups in total. The number of nitrogens with zero attached hydrogens (tertiary/aromatic N) is 1. The lowest BCUT2D eigenvalue weighted by molar-refractivity contribution is 0.0224. The Balaban J connectivity index is 1.99. The number of halogens is 1. The molecule has 184 valence electrons. The van der Waals surface area contributed by atoms with Crippen LogP contribution in [0.4, 0.5) is 4.79 Å². The fourth-order valence-electron chi connectivity index (χ4n) is 4.00. The largest absolute Gasteiger partial charge is 0.493 e. The second-order valence-corrected chi connectivity index (χ2v) is 9.89. The smallest absolute Gasteiger partial charge is 0.410 e. The van der Waals surface area contributed by atoms with Crippen molar-refractivity contribution in [2.24, 2.45) is 0 Å². The van der Waals surface area contributed by atoms with Crippen LogP contribution in [-0.4, -0.2) is 35.7 Å².